The number of nitrogens with zero attached hydrogens (tertiary/aromatic N) is 1. The topological polar surface area (TPSA) is 45.8 Å². The number of para-hydroxylation sites is 1. The van der Waals surface area contributed by atoms with Crippen LogP contribution >= 0.6 is 23.2 Å². The molecule has 3 nitrogen and oxygen atoms in total. The molecule has 1 aromatic heterocycles. The second-order valence-electron chi connectivity index (χ2n) is 3.12. The van der Waals surface area contributed by atoms with Gasteiger partial charge in [0, 0.05) is 6.42 Å². The quantitative estimate of drug-likeness (QED) is 0.822. The van der Waals surface area contributed by atoms with Gasteiger partial charge in [-0.15, -0.1) is 23.2 Å². The maximum absolute atomic E-state index is 11.6. The zero-order chi connectivity index (χ0) is 10.8. The zero-order valence-corrected chi connectivity index (χ0v) is 9.22. The van der Waals surface area contributed by atoms with Crippen LogP contribution in [0.15, 0.2) is 29.1 Å². The molecule has 0 saturated carbocycles. The van der Waals surface area contributed by atoms with Crippen molar-refractivity contribution in [2.45, 2.75) is 11.3 Å². The number of aromatic amines is 1. The number of benzene rings is 1. The van der Waals surface area contributed by atoms with E-state index in [-0.39, 0.29) is 5.56 Å². The summed E-state index contributed by atoms with van der Waals surface area (Å²) in [5.74, 6) is 0.508. The number of alkyl halides is 2. The molecule has 0 fully saturated rings. The van der Waals surface area contributed by atoms with Crippen LogP contribution in [0.25, 0.3) is 10.9 Å². The first-order valence-corrected chi connectivity index (χ1v) is 5.30. The van der Waals surface area contributed by atoms with Crippen LogP contribution in [0.2, 0.25) is 0 Å². The molecule has 0 saturated heterocycles. The first-order chi connectivity index (χ1) is 7.16. The first-order valence-electron chi connectivity index (χ1n) is 4.43. The summed E-state index contributed by atoms with van der Waals surface area (Å²) >= 11 is 11.2. The van der Waals surface area contributed by atoms with Gasteiger partial charge in [-0.3, -0.25) is 4.79 Å². The van der Waals surface area contributed by atoms with Crippen LogP contribution in [0.4, 0.5) is 0 Å². The lowest BCUT2D eigenvalue weighted by atomic mass is 10.2. The van der Waals surface area contributed by atoms with E-state index in [0.717, 1.165) is 0 Å². The van der Waals surface area contributed by atoms with Gasteiger partial charge >= 0.3 is 0 Å². The minimum atomic E-state index is -0.561. The van der Waals surface area contributed by atoms with Gasteiger partial charge in [-0.25, -0.2) is 4.98 Å². The standard InChI is InChI=1S/C10H8Cl2N2O/c11-8(12)5-9-13-7-4-2-1-3-6(7)10(15)14-9/h1-4,8H,5H2,(H,13,14,15). The monoisotopic (exact) mass is 242 g/mol. The Balaban J connectivity index is 2.57. The van der Waals surface area contributed by atoms with Crippen molar-refractivity contribution in [3.05, 3.63) is 40.4 Å². The van der Waals surface area contributed by atoms with E-state index in [9.17, 15) is 4.79 Å². The molecule has 2 rings (SSSR count). The number of H-pyrrole nitrogens is 1. The van der Waals surface area contributed by atoms with Crippen molar-refractivity contribution in [3.8, 4) is 0 Å². The van der Waals surface area contributed by atoms with E-state index in [1.165, 1.54) is 0 Å². The molecule has 1 aromatic carbocycles. The number of nitrogens with one attached hydrogen (secondary N) is 1. The molecule has 0 unspecified atom stereocenters. The van der Waals surface area contributed by atoms with E-state index < -0.39 is 4.84 Å². The van der Waals surface area contributed by atoms with Crippen LogP contribution < -0.4 is 5.56 Å². The highest BCUT2D eigenvalue weighted by atomic mass is 35.5. The Labute approximate surface area is 96.1 Å². The van der Waals surface area contributed by atoms with Crippen molar-refractivity contribution < 1.29 is 0 Å². The van der Waals surface area contributed by atoms with E-state index in [0.29, 0.717) is 23.1 Å². The average Bonchev–Trinajstić information content (AvgIpc) is 2.16. The molecule has 0 radical (unpaired) electrons. The van der Waals surface area contributed by atoms with Crippen LogP contribution in [0, 0.1) is 0 Å². The molecule has 1 heterocycles. The lowest BCUT2D eigenvalue weighted by Crippen LogP contribution is -2.13. The maximum atomic E-state index is 11.6. The van der Waals surface area contributed by atoms with Crippen molar-refractivity contribution in [3.63, 3.8) is 0 Å². The molecule has 2 aromatic rings. The van der Waals surface area contributed by atoms with Crippen molar-refractivity contribution >= 4 is 34.1 Å². The van der Waals surface area contributed by atoms with Gasteiger partial charge in [0.25, 0.3) is 5.56 Å². The lowest BCUT2D eigenvalue weighted by Gasteiger charge is -2.02. The number of fused-ring (bicyclic) bond motifs is 1. The fourth-order valence-electron chi connectivity index (χ4n) is 1.38. The molecule has 5 heteroatoms. The molecule has 0 atom stereocenters. The van der Waals surface area contributed by atoms with Gasteiger partial charge in [0.1, 0.15) is 10.7 Å². The molecule has 0 bridgehead atoms. The molecular weight excluding hydrogens is 235 g/mol. The van der Waals surface area contributed by atoms with Crippen molar-refractivity contribution in [1.29, 1.82) is 0 Å². The Morgan fingerprint density at radius 1 is 1.33 bits per heavy atom. The Morgan fingerprint density at radius 3 is 2.80 bits per heavy atom. The summed E-state index contributed by atoms with van der Waals surface area (Å²) < 4.78 is 0. The van der Waals surface area contributed by atoms with Crippen LogP contribution in [-0.4, -0.2) is 14.8 Å². The second kappa shape index (κ2) is 4.21. The fourth-order valence-corrected chi connectivity index (χ4v) is 1.67. The third-order valence-electron chi connectivity index (χ3n) is 2.01. The molecule has 15 heavy (non-hydrogen) atoms. The van der Waals surface area contributed by atoms with Gasteiger partial charge < -0.3 is 4.98 Å². The van der Waals surface area contributed by atoms with Gasteiger partial charge in [0.15, 0.2) is 0 Å². The highest BCUT2D eigenvalue weighted by Crippen LogP contribution is 2.10. The van der Waals surface area contributed by atoms with E-state index in [1.807, 2.05) is 6.07 Å². The van der Waals surface area contributed by atoms with Gasteiger partial charge in [0.05, 0.1) is 10.9 Å². The lowest BCUT2D eigenvalue weighted by molar-refractivity contribution is 0.922. The highest BCUT2D eigenvalue weighted by Gasteiger charge is 2.06. The van der Waals surface area contributed by atoms with Crippen LogP contribution in [0.5, 0.6) is 0 Å². The summed E-state index contributed by atoms with van der Waals surface area (Å²) in [5, 5.41) is 0.571. The van der Waals surface area contributed by atoms with Crippen molar-refractivity contribution in [1.82, 2.24) is 9.97 Å². The predicted octanol–water partition coefficient (Wildman–Crippen LogP) is 2.27. The number of rotatable bonds is 2. The van der Waals surface area contributed by atoms with Crippen LogP contribution in [0.3, 0.4) is 0 Å². The molecular formula is C10H8Cl2N2O. The summed E-state index contributed by atoms with van der Waals surface area (Å²) in [6.07, 6.45) is 0.336. The van der Waals surface area contributed by atoms with E-state index in [2.05, 4.69) is 9.97 Å². The van der Waals surface area contributed by atoms with E-state index in [4.69, 9.17) is 23.2 Å². The largest absolute Gasteiger partial charge is 0.310 e. The molecule has 0 aliphatic rings. The summed E-state index contributed by atoms with van der Waals surface area (Å²) in [5.41, 5.74) is 0.495. The third kappa shape index (κ3) is 2.30. The van der Waals surface area contributed by atoms with Crippen LogP contribution in [-0.2, 0) is 6.42 Å². The number of hydrogen-bond donors (Lipinski definition) is 1. The Morgan fingerprint density at radius 2 is 2.07 bits per heavy atom. The zero-order valence-electron chi connectivity index (χ0n) is 7.71. The summed E-state index contributed by atoms with van der Waals surface area (Å²) in [6, 6.07) is 7.14. The summed E-state index contributed by atoms with van der Waals surface area (Å²) in [4.78, 5) is 17.9. The van der Waals surface area contributed by atoms with Gasteiger partial charge in [0.2, 0.25) is 0 Å². The van der Waals surface area contributed by atoms with Gasteiger partial charge in [-0.2, -0.15) is 0 Å². The second-order valence-corrected chi connectivity index (χ2v) is 4.40. The van der Waals surface area contributed by atoms with Gasteiger partial charge in [-0.05, 0) is 12.1 Å². The Kier molecular flexibility index (Phi) is 2.93. The van der Waals surface area contributed by atoms with Crippen LogP contribution in [0.1, 0.15) is 5.82 Å². The maximum Gasteiger partial charge on any atom is 0.258 e. The molecule has 0 spiro atoms. The molecule has 1 N–H and O–H groups in total. The molecule has 0 aliphatic carbocycles. The van der Waals surface area contributed by atoms with Gasteiger partial charge in [-0.1, -0.05) is 12.1 Å². The Bertz CT molecular complexity index is 536. The predicted molar refractivity (Wildman–Crippen MR) is 61.6 cm³/mol. The number of aromatic nitrogens is 2. The third-order valence-corrected chi connectivity index (χ3v) is 2.32. The smallest absolute Gasteiger partial charge is 0.258 e. The minimum absolute atomic E-state index is 0.162. The fraction of sp³-hybridized carbons (Fsp3) is 0.200. The van der Waals surface area contributed by atoms with E-state index in [1.54, 1.807) is 18.2 Å². The number of hydrogen-bond acceptors (Lipinski definition) is 2. The highest BCUT2D eigenvalue weighted by molar-refractivity contribution is 6.44. The van der Waals surface area contributed by atoms with E-state index >= 15 is 0 Å². The average molecular weight is 243 g/mol. The van der Waals surface area contributed by atoms with Crippen molar-refractivity contribution in [2.24, 2.45) is 0 Å². The molecule has 78 valence electrons. The normalized spacial score (nSPS) is 11.1. The Hall–Kier alpha value is -1.06. The first kappa shape index (κ1) is 10.5. The summed E-state index contributed by atoms with van der Waals surface area (Å²) in [7, 11) is 0. The SMILES string of the molecule is O=c1[nH]c(CC(Cl)Cl)nc2ccccc12. The molecule has 0 amide bonds. The molecule has 0 aliphatic heterocycles. The number of halogens is 2. The summed E-state index contributed by atoms with van der Waals surface area (Å²) in [6.45, 7) is 0. The minimum Gasteiger partial charge on any atom is -0.310 e. The van der Waals surface area contributed by atoms with Crippen molar-refractivity contribution in [2.75, 3.05) is 0 Å².